The van der Waals surface area contributed by atoms with Crippen molar-refractivity contribution in [3.8, 4) is 0 Å². The van der Waals surface area contributed by atoms with Crippen LogP contribution in [0.25, 0.3) is 6.08 Å². The van der Waals surface area contributed by atoms with Gasteiger partial charge in [-0.3, -0.25) is 14.4 Å². The molecule has 0 aliphatic carbocycles. The zero-order chi connectivity index (χ0) is 34.1. The van der Waals surface area contributed by atoms with E-state index in [0.717, 1.165) is 40.2 Å². The largest absolute Gasteiger partial charge is 0.463 e. The fourth-order valence-electron chi connectivity index (χ4n) is 6.42. The van der Waals surface area contributed by atoms with Crippen LogP contribution in [-0.4, -0.2) is 37.0 Å². The van der Waals surface area contributed by atoms with Crippen molar-refractivity contribution in [1.82, 2.24) is 4.57 Å². The van der Waals surface area contributed by atoms with Gasteiger partial charge in [0.15, 0.2) is 4.80 Å². The van der Waals surface area contributed by atoms with Crippen LogP contribution in [0.4, 0.5) is 11.4 Å². The molecule has 0 saturated heterocycles. The van der Waals surface area contributed by atoms with Crippen LogP contribution in [0.3, 0.4) is 0 Å². The summed E-state index contributed by atoms with van der Waals surface area (Å²) >= 11 is 1.32. The molecular formula is C40H37N5O3S. The lowest BCUT2D eigenvalue weighted by atomic mass is 9.95. The fraction of sp³-hybridized carbons (Fsp3) is 0.200. The zero-order valence-electron chi connectivity index (χ0n) is 27.9. The number of allylic oxidation sites excluding steroid dienone is 1. The summed E-state index contributed by atoms with van der Waals surface area (Å²) in [5.74, 6) is -0.468. The van der Waals surface area contributed by atoms with Crippen molar-refractivity contribution in [1.29, 1.82) is 0 Å². The Labute approximate surface area is 289 Å². The Morgan fingerprint density at radius 1 is 0.918 bits per heavy atom. The minimum atomic E-state index is -0.655. The molecule has 5 aromatic rings. The van der Waals surface area contributed by atoms with E-state index in [4.69, 9.17) is 14.8 Å². The molecule has 0 radical (unpaired) electrons. The van der Waals surface area contributed by atoms with Gasteiger partial charge in [-0.15, -0.1) is 0 Å². The minimum absolute atomic E-state index is 0.0644. The number of benzene rings is 4. The number of aromatic nitrogens is 1. The van der Waals surface area contributed by atoms with E-state index in [1.54, 1.807) is 18.4 Å². The summed E-state index contributed by atoms with van der Waals surface area (Å²) < 4.78 is 7.61. The number of thiazole rings is 1. The van der Waals surface area contributed by atoms with Gasteiger partial charge in [0.25, 0.3) is 5.56 Å². The average Bonchev–Trinajstić information content (AvgIpc) is 3.70. The Morgan fingerprint density at radius 2 is 1.59 bits per heavy atom. The highest BCUT2D eigenvalue weighted by molar-refractivity contribution is 7.07. The molecule has 0 fully saturated rings. The zero-order valence-corrected chi connectivity index (χ0v) is 28.7. The molecule has 0 N–H and O–H groups in total. The van der Waals surface area contributed by atoms with Gasteiger partial charge in [0.05, 0.1) is 45.9 Å². The summed E-state index contributed by atoms with van der Waals surface area (Å²) in [5.41, 5.74) is 7.75. The number of hydrogen-bond donors (Lipinski definition) is 0. The summed E-state index contributed by atoms with van der Waals surface area (Å²) in [5, 5.41) is 7.18. The highest BCUT2D eigenvalue weighted by Gasteiger charge is 2.33. The second-order valence-electron chi connectivity index (χ2n) is 12.3. The van der Waals surface area contributed by atoms with Gasteiger partial charge < -0.3 is 9.64 Å². The molecule has 8 nitrogen and oxygen atoms in total. The molecule has 0 amide bonds. The Hall–Kier alpha value is -5.54. The molecule has 2 atom stereocenters. The van der Waals surface area contributed by atoms with Crippen molar-refractivity contribution in [3.63, 3.8) is 0 Å². The second kappa shape index (κ2) is 13.5. The summed E-state index contributed by atoms with van der Waals surface area (Å²) in [6.07, 6.45) is 2.68. The van der Waals surface area contributed by atoms with Crippen LogP contribution in [0, 0.1) is 0 Å². The van der Waals surface area contributed by atoms with Crippen molar-refractivity contribution in [2.75, 3.05) is 30.6 Å². The van der Waals surface area contributed by atoms with Crippen LogP contribution in [0.5, 0.6) is 0 Å². The molecule has 49 heavy (non-hydrogen) atoms. The second-order valence-corrected chi connectivity index (χ2v) is 13.3. The molecule has 0 bridgehead atoms. The number of carbonyl (C=O) groups excluding carboxylic acids is 1. The number of rotatable bonds is 8. The predicted octanol–water partition coefficient (Wildman–Crippen LogP) is 6.22. The van der Waals surface area contributed by atoms with Crippen LogP contribution < -0.4 is 24.8 Å². The first kappa shape index (κ1) is 32.0. The van der Waals surface area contributed by atoms with Crippen LogP contribution in [0.1, 0.15) is 54.6 Å². The Morgan fingerprint density at radius 3 is 2.24 bits per heavy atom. The maximum Gasteiger partial charge on any atom is 0.338 e. The lowest BCUT2D eigenvalue weighted by Crippen LogP contribution is -2.39. The Kier molecular flexibility index (Phi) is 8.84. The van der Waals surface area contributed by atoms with Gasteiger partial charge in [0, 0.05) is 26.2 Å². The van der Waals surface area contributed by atoms with Gasteiger partial charge in [-0.2, -0.15) is 5.10 Å². The number of hydrazone groups is 1. The van der Waals surface area contributed by atoms with Gasteiger partial charge in [0.2, 0.25) is 0 Å². The van der Waals surface area contributed by atoms with Gasteiger partial charge in [-0.05, 0) is 66.4 Å². The molecular weight excluding hydrogens is 631 g/mol. The summed E-state index contributed by atoms with van der Waals surface area (Å²) in [4.78, 5) is 34.7. The lowest BCUT2D eigenvalue weighted by molar-refractivity contribution is -0.139. The smallest absolute Gasteiger partial charge is 0.338 e. The highest BCUT2D eigenvalue weighted by Crippen LogP contribution is 2.37. The van der Waals surface area contributed by atoms with Crippen molar-refractivity contribution in [2.24, 2.45) is 10.1 Å². The highest BCUT2D eigenvalue weighted by atomic mass is 32.1. The van der Waals surface area contributed by atoms with Crippen molar-refractivity contribution in [2.45, 2.75) is 32.4 Å². The van der Waals surface area contributed by atoms with Crippen molar-refractivity contribution < 1.29 is 9.53 Å². The summed E-state index contributed by atoms with van der Waals surface area (Å²) in [7, 11) is 3.95. The summed E-state index contributed by atoms with van der Waals surface area (Å²) in [6.45, 7) is 3.80. The Balaban J connectivity index is 1.26. The molecule has 9 heteroatoms. The number of anilines is 2. The van der Waals surface area contributed by atoms with E-state index in [-0.39, 0.29) is 18.2 Å². The topological polar surface area (TPSA) is 79.5 Å². The standard InChI is InChI=1S/C40H37N5O3S/c1-5-48-39(47)36-26(2)41-40-44(37(36)30-18-22-31(23-19-30)43(3)4)38(46)35(49-40)24-27-16-20-32(21-17-27)45-34(29-14-10-7-11-15-29)25-33(42-45)28-12-8-6-9-13-28/h6-24,34,37H,5,25H2,1-4H3/b35-24+. The third-order valence-electron chi connectivity index (χ3n) is 8.90. The molecule has 2 aliphatic rings. The normalized spacial score (nSPS) is 17.4. The van der Waals surface area contributed by atoms with Gasteiger partial charge in [-0.1, -0.05) is 96.3 Å². The van der Waals surface area contributed by atoms with Gasteiger partial charge in [-0.25, -0.2) is 9.79 Å². The molecule has 7 rings (SSSR count). The molecule has 4 aromatic carbocycles. The van der Waals surface area contributed by atoms with E-state index in [9.17, 15) is 9.59 Å². The minimum Gasteiger partial charge on any atom is -0.463 e. The monoisotopic (exact) mass is 667 g/mol. The lowest BCUT2D eigenvalue weighted by Gasteiger charge is -2.25. The van der Waals surface area contributed by atoms with Crippen LogP contribution in [0.2, 0.25) is 0 Å². The van der Waals surface area contributed by atoms with Gasteiger partial charge in [0.1, 0.15) is 0 Å². The first-order valence-corrected chi connectivity index (χ1v) is 17.2. The molecule has 1 aromatic heterocycles. The maximum absolute atomic E-state index is 14.1. The number of nitrogens with zero attached hydrogens (tertiary/aromatic N) is 5. The average molecular weight is 668 g/mol. The summed E-state index contributed by atoms with van der Waals surface area (Å²) in [6, 6.07) is 36.2. The van der Waals surface area contributed by atoms with E-state index >= 15 is 0 Å². The molecule has 0 saturated carbocycles. The number of fused-ring (bicyclic) bond motifs is 1. The number of hydrogen-bond acceptors (Lipinski definition) is 8. The quantitative estimate of drug-likeness (QED) is 0.184. The van der Waals surface area contributed by atoms with E-state index in [1.807, 2.05) is 97.9 Å². The first-order chi connectivity index (χ1) is 23.8. The molecule has 2 unspecified atom stereocenters. The molecule has 2 aliphatic heterocycles. The third-order valence-corrected chi connectivity index (χ3v) is 9.88. The number of esters is 1. The Bertz CT molecular complexity index is 2240. The third kappa shape index (κ3) is 6.25. The van der Waals surface area contributed by atoms with Crippen LogP contribution in [-0.2, 0) is 9.53 Å². The van der Waals surface area contributed by atoms with E-state index in [1.165, 1.54) is 16.9 Å². The maximum atomic E-state index is 14.1. The van der Waals surface area contributed by atoms with E-state index in [0.29, 0.717) is 20.6 Å². The van der Waals surface area contributed by atoms with E-state index < -0.39 is 12.0 Å². The molecule has 246 valence electrons. The van der Waals surface area contributed by atoms with Crippen molar-refractivity contribution >= 4 is 40.5 Å². The van der Waals surface area contributed by atoms with Crippen LogP contribution >= 0.6 is 11.3 Å². The SMILES string of the molecule is CCOC(=O)C1=C(C)N=c2s/c(=C/c3ccc(N4N=C(c5ccccc5)CC4c4ccccc4)cc3)c(=O)n2C1c1ccc(N(C)C)cc1. The molecule has 3 heterocycles. The van der Waals surface area contributed by atoms with Crippen LogP contribution in [0.15, 0.2) is 135 Å². The van der Waals surface area contributed by atoms with Gasteiger partial charge >= 0.3 is 5.97 Å². The first-order valence-electron chi connectivity index (χ1n) is 16.4. The fourth-order valence-corrected chi connectivity index (χ4v) is 7.47. The number of carbonyl (C=O) groups is 1. The van der Waals surface area contributed by atoms with Crippen molar-refractivity contribution in [3.05, 3.63) is 162 Å². The molecule has 0 spiro atoms. The predicted molar refractivity (Wildman–Crippen MR) is 197 cm³/mol. The van der Waals surface area contributed by atoms with E-state index in [2.05, 4.69) is 41.4 Å². The number of ether oxygens (including phenoxy) is 1.